The van der Waals surface area contributed by atoms with E-state index in [0.717, 1.165) is 53.2 Å². The summed E-state index contributed by atoms with van der Waals surface area (Å²) in [5.41, 5.74) is -2.92. The summed E-state index contributed by atoms with van der Waals surface area (Å²) in [6.45, 7) is 1.49. The average molecular weight is 784 g/mol. The number of hydrogen-bond acceptors (Lipinski definition) is 7. The number of aryl methyl sites for hydroxylation is 1. The van der Waals surface area contributed by atoms with Gasteiger partial charge in [-0.2, -0.15) is 23.5 Å². The van der Waals surface area contributed by atoms with Gasteiger partial charge in [0, 0.05) is 30.3 Å². The number of methoxy groups -OCH3 is 1. The first kappa shape index (κ1) is 40.2. The van der Waals surface area contributed by atoms with Crippen LogP contribution in [0.1, 0.15) is 58.2 Å². The van der Waals surface area contributed by atoms with Gasteiger partial charge in [0.2, 0.25) is 5.91 Å². The van der Waals surface area contributed by atoms with Crippen LogP contribution in [0, 0.1) is 28.8 Å². The summed E-state index contributed by atoms with van der Waals surface area (Å²) in [6, 6.07) is 15.8. The molecule has 0 aliphatic heterocycles. The highest BCUT2D eigenvalue weighted by Crippen LogP contribution is 2.37. The van der Waals surface area contributed by atoms with Crippen molar-refractivity contribution in [1.29, 1.82) is 5.26 Å². The van der Waals surface area contributed by atoms with E-state index in [1.54, 1.807) is 4.72 Å². The van der Waals surface area contributed by atoms with E-state index in [1.165, 1.54) is 37.4 Å². The molecule has 2 N–H and O–H groups in total. The number of nitriles is 1. The fourth-order valence-corrected chi connectivity index (χ4v) is 7.06. The maximum Gasteiger partial charge on any atom is 0.418 e. The van der Waals surface area contributed by atoms with Gasteiger partial charge in [0.25, 0.3) is 15.9 Å². The molecule has 0 saturated carbocycles. The molecule has 286 valence electrons. The number of anilines is 1. The number of nitrogens with zero attached hydrogens (tertiary/aromatic N) is 3. The molecule has 17 heteroatoms. The molecule has 1 aromatic heterocycles. The Morgan fingerprint density at radius 2 is 1.67 bits per heavy atom. The van der Waals surface area contributed by atoms with Crippen LogP contribution in [-0.4, -0.2) is 43.7 Å². The normalized spacial score (nSPS) is 11.6. The van der Waals surface area contributed by atoms with E-state index in [9.17, 15) is 40.8 Å². The van der Waals surface area contributed by atoms with Crippen molar-refractivity contribution in [2.24, 2.45) is 0 Å². The van der Waals surface area contributed by atoms with Crippen molar-refractivity contribution < 1.29 is 49.1 Å². The maximum absolute atomic E-state index is 16.0. The van der Waals surface area contributed by atoms with Gasteiger partial charge in [-0.05, 0) is 66.4 Å². The van der Waals surface area contributed by atoms with Crippen LogP contribution in [0.25, 0.3) is 16.8 Å². The SMILES string of the molecule is CCCCc1nn(-c2cc(NC(=O)COC)ccc2C(F)(F)F)c(C#N)c1Cc1ccc(-c2cccc(F)c2S(=O)(=O)NC(=O)c2ccccc2F)cc1F. The van der Waals surface area contributed by atoms with Crippen LogP contribution >= 0.6 is 0 Å². The number of aromatic nitrogens is 2. The van der Waals surface area contributed by atoms with Gasteiger partial charge in [-0.15, -0.1) is 0 Å². The van der Waals surface area contributed by atoms with Crippen molar-refractivity contribution in [3.63, 3.8) is 0 Å². The number of carbonyl (C=O) groups is 2. The number of halogens is 6. The molecule has 0 aliphatic rings. The molecule has 0 unspecified atom stereocenters. The lowest BCUT2D eigenvalue weighted by molar-refractivity contribution is -0.137. The molecule has 0 saturated heterocycles. The molecule has 0 spiro atoms. The van der Waals surface area contributed by atoms with Gasteiger partial charge in [0.05, 0.1) is 22.5 Å². The number of alkyl halides is 3. The molecule has 55 heavy (non-hydrogen) atoms. The van der Waals surface area contributed by atoms with Crippen LogP contribution in [0.4, 0.5) is 32.0 Å². The second-order valence-electron chi connectivity index (χ2n) is 12.1. The van der Waals surface area contributed by atoms with Crippen LogP contribution in [0.15, 0.2) is 83.8 Å². The van der Waals surface area contributed by atoms with E-state index in [4.69, 9.17) is 4.74 Å². The monoisotopic (exact) mass is 783 g/mol. The summed E-state index contributed by atoms with van der Waals surface area (Å²) in [5.74, 6) is -5.27. The number of rotatable bonds is 13. The third-order valence-electron chi connectivity index (χ3n) is 8.34. The lowest BCUT2D eigenvalue weighted by Gasteiger charge is -2.16. The minimum atomic E-state index is -5.00. The second kappa shape index (κ2) is 16.6. The van der Waals surface area contributed by atoms with Crippen molar-refractivity contribution in [1.82, 2.24) is 14.5 Å². The van der Waals surface area contributed by atoms with E-state index >= 15 is 8.78 Å². The van der Waals surface area contributed by atoms with Crippen molar-refractivity contribution in [3.8, 4) is 22.9 Å². The molecule has 0 aliphatic carbocycles. The van der Waals surface area contributed by atoms with Gasteiger partial charge in [-0.25, -0.2) is 31.0 Å². The molecule has 1 heterocycles. The molecular formula is C38H31F6N5O5S. The third kappa shape index (κ3) is 8.88. The first-order valence-corrected chi connectivity index (χ1v) is 18.0. The molecule has 5 aromatic rings. The Kier molecular flexibility index (Phi) is 12.1. The Morgan fingerprint density at radius 3 is 2.33 bits per heavy atom. The minimum Gasteiger partial charge on any atom is -0.375 e. The summed E-state index contributed by atoms with van der Waals surface area (Å²) >= 11 is 0. The largest absolute Gasteiger partial charge is 0.418 e. The van der Waals surface area contributed by atoms with E-state index in [1.807, 2.05) is 13.0 Å². The van der Waals surface area contributed by atoms with Crippen LogP contribution < -0.4 is 10.0 Å². The molecular weight excluding hydrogens is 753 g/mol. The Morgan fingerprint density at radius 1 is 0.945 bits per heavy atom. The molecule has 0 fully saturated rings. The Bertz CT molecular complexity index is 2430. The molecule has 0 radical (unpaired) electrons. The molecule has 0 atom stereocenters. The highest BCUT2D eigenvalue weighted by Gasteiger charge is 2.36. The number of benzene rings is 4. The van der Waals surface area contributed by atoms with Gasteiger partial charge < -0.3 is 10.1 Å². The quantitative estimate of drug-likeness (QED) is 0.118. The first-order chi connectivity index (χ1) is 26.1. The fraction of sp³-hybridized carbons (Fsp3) is 0.211. The molecule has 4 aromatic carbocycles. The molecule has 0 bridgehead atoms. The fourth-order valence-electron chi connectivity index (χ4n) is 5.80. The standard InChI is InChI=1S/C38H31F6N5O5S/c1-3-4-12-32-27(34(20-45)49(47-32)33-19-24(46-35(50)21-54-2)15-16-28(33)38(42,43)44)17-23-14-13-22(18-31(23)41)25-9-7-11-30(40)36(25)55(52,53)48-37(51)26-8-5-6-10-29(26)39/h5-11,13-16,18-19H,3-4,12,17,21H2,1-2H3,(H,46,50)(H,48,51). The number of hydrogen-bond donors (Lipinski definition) is 2. The number of sulfonamides is 1. The molecule has 2 amide bonds. The number of nitrogens with one attached hydrogen (secondary N) is 2. The van der Waals surface area contributed by atoms with Crippen LogP contribution in [0.5, 0.6) is 0 Å². The van der Waals surface area contributed by atoms with E-state index in [0.29, 0.717) is 12.8 Å². The number of unbranched alkanes of at least 4 members (excludes halogenated alkanes) is 1. The van der Waals surface area contributed by atoms with Crippen molar-refractivity contribution in [2.45, 2.75) is 43.7 Å². The summed E-state index contributed by atoms with van der Waals surface area (Å²) in [7, 11) is -3.74. The predicted molar refractivity (Wildman–Crippen MR) is 188 cm³/mol. The lowest BCUT2D eigenvalue weighted by atomic mass is 9.97. The zero-order valence-corrected chi connectivity index (χ0v) is 29.9. The maximum atomic E-state index is 16.0. The summed E-state index contributed by atoms with van der Waals surface area (Å²) < 4.78 is 122. The third-order valence-corrected chi connectivity index (χ3v) is 9.75. The van der Waals surface area contributed by atoms with Crippen LogP contribution in [0.3, 0.4) is 0 Å². The Labute approximate surface area is 311 Å². The van der Waals surface area contributed by atoms with Gasteiger partial charge in [-0.3, -0.25) is 9.59 Å². The predicted octanol–water partition coefficient (Wildman–Crippen LogP) is 7.48. The minimum absolute atomic E-state index is 0.0340. The zero-order valence-electron chi connectivity index (χ0n) is 29.1. The smallest absolute Gasteiger partial charge is 0.375 e. The second-order valence-corrected chi connectivity index (χ2v) is 13.7. The first-order valence-electron chi connectivity index (χ1n) is 16.5. The lowest BCUT2D eigenvalue weighted by Crippen LogP contribution is -2.32. The zero-order chi connectivity index (χ0) is 40.1. The molecule has 5 rings (SSSR count). The number of amides is 2. The van der Waals surface area contributed by atoms with Gasteiger partial charge in [0.15, 0.2) is 0 Å². The van der Waals surface area contributed by atoms with Crippen molar-refractivity contribution in [3.05, 3.63) is 130 Å². The van der Waals surface area contributed by atoms with Gasteiger partial charge in [-0.1, -0.05) is 49.7 Å². The highest BCUT2D eigenvalue weighted by molar-refractivity contribution is 7.90. The van der Waals surface area contributed by atoms with E-state index in [-0.39, 0.29) is 58.8 Å². The van der Waals surface area contributed by atoms with E-state index in [2.05, 4.69) is 10.4 Å². The Hall–Kier alpha value is -5.99. The number of carbonyl (C=O) groups excluding carboxylic acids is 2. The summed E-state index contributed by atoms with van der Waals surface area (Å²) in [5, 5.41) is 17.1. The summed E-state index contributed by atoms with van der Waals surface area (Å²) in [4.78, 5) is 23.8. The average Bonchev–Trinajstić information content (AvgIpc) is 3.47. The summed E-state index contributed by atoms with van der Waals surface area (Å²) in [6.07, 6.45) is -3.88. The van der Waals surface area contributed by atoms with Crippen molar-refractivity contribution >= 4 is 27.5 Å². The van der Waals surface area contributed by atoms with Crippen molar-refractivity contribution in [2.75, 3.05) is 19.0 Å². The van der Waals surface area contributed by atoms with Crippen LogP contribution in [0.2, 0.25) is 0 Å². The van der Waals surface area contributed by atoms with E-state index < -0.39 is 67.2 Å². The van der Waals surface area contributed by atoms with Gasteiger partial charge >= 0.3 is 6.18 Å². The molecule has 10 nitrogen and oxygen atoms in total. The highest BCUT2D eigenvalue weighted by atomic mass is 32.2. The van der Waals surface area contributed by atoms with Gasteiger partial charge in [0.1, 0.15) is 40.7 Å². The van der Waals surface area contributed by atoms with Crippen LogP contribution in [-0.2, 0) is 38.6 Å². The number of ether oxygens (including phenoxy) is 1. The Balaban J connectivity index is 1.56. The topological polar surface area (TPSA) is 143 Å².